The van der Waals surface area contributed by atoms with Crippen LogP contribution in [0.25, 0.3) is 0 Å². The maximum absolute atomic E-state index is 11.3. The number of hydrogen-bond acceptors (Lipinski definition) is 4. The summed E-state index contributed by atoms with van der Waals surface area (Å²) in [6.45, 7) is 0.612. The predicted molar refractivity (Wildman–Crippen MR) is 63.6 cm³/mol. The maximum Gasteiger partial charge on any atom is 0.277 e. The number of rotatable bonds is 3. The molecule has 0 atom stereocenters. The van der Waals surface area contributed by atoms with E-state index in [9.17, 15) is 9.90 Å². The van der Waals surface area contributed by atoms with Gasteiger partial charge in [0, 0.05) is 23.9 Å². The molecule has 0 spiro atoms. The predicted octanol–water partition coefficient (Wildman–Crippen LogP) is 0.456. The third kappa shape index (κ3) is 2.51. The minimum atomic E-state index is -0.305. The number of benzene rings is 1. The Labute approximate surface area is 98.2 Å². The molecule has 2 aromatic rings. The van der Waals surface area contributed by atoms with Gasteiger partial charge < -0.3 is 15.4 Å². The van der Waals surface area contributed by atoms with Crippen molar-refractivity contribution in [2.75, 3.05) is 0 Å². The molecule has 5 nitrogen and oxygen atoms in total. The molecule has 0 aliphatic carbocycles. The first-order valence-corrected chi connectivity index (χ1v) is 5.22. The topological polar surface area (TPSA) is 81.1 Å². The van der Waals surface area contributed by atoms with Crippen LogP contribution in [0.15, 0.2) is 41.6 Å². The Hall–Kier alpha value is -2.14. The van der Waals surface area contributed by atoms with E-state index >= 15 is 0 Å². The van der Waals surface area contributed by atoms with E-state index in [0.717, 1.165) is 5.56 Å². The highest BCUT2D eigenvalue weighted by Crippen LogP contribution is 2.16. The monoisotopic (exact) mass is 231 g/mol. The fourth-order valence-electron chi connectivity index (χ4n) is 1.57. The summed E-state index contributed by atoms with van der Waals surface area (Å²) in [7, 11) is 0. The summed E-state index contributed by atoms with van der Waals surface area (Å²) in [4.78, 5) is 15.0. The van der Waals surface area contributed by atoms with E-state index in [2.05, 4.69) is 4.98 Å². The number of nitrogens with two attached hydrogens (primary N) is 1. The molecule has 0 bridgehead atoms. The molecule has 0 aliphatic rings. The molecule has 3 N–H and O–H groups in total. The Bertz CT molecular complexity index is 578. The molecule has 17 heavy (non-hydrogen) atoms. The highest BCUT2D eigenvalue weighted by molar-refractivity contribution is 5.31. The number of phenols is 1. The molecule has 0 unspecified atom stereocenters. The van der Waals surface area contributed by atoms with E-state index in [0.29, 0.717) is 12.1 Å². The molecule has 2 rings (SSSR count). The van der Waals surface area contributed by atoms with Gasteiger partial charge in [0.05, 0.1) is 12.9 Å². The number of aromatic nitrogens is 2. The van der Waals surface area contributed by atoms with Gasteiger partial charge >= 0.3 is 0 Å². The first-order valence-electron chi connectivity index (χ1n) is 5.22. The molecule has 5 heteroatoms. The van der Waals surface area contributed by atoms with E-state index in [-0.39, 0.29) is 17.9 Å². The zero-order chi connectivity index (χ0) is 12.3. The van der Waals surface area contributed by atoms with Crippen molar-refractivity contribution in [2.24, 2.45) is 5.73 Å². The average molecular weight is 231 g/mol. The molecule has 1 heterocycles. The smallest absolute Gasteiger partial charge is 0.277 e. The Morgan fingerprint density at radius 1 is 1.29 bits per heavy atom. The lowest BCUT2D eigenvalue weighted by atomic mass is 10.2. The first kappa shape index (κ1) is 11.3. The van der Waals surface area contributed by atoms with Gasteiger partial charge in [0.2, 0.25) is 0 Å². The molecule has 88 valence electrons. The standard InChI is InChI=1S/C12H13N3O2/c13-5-10-7-15(8-14-12(10)17)6-9-3-1-2-4-11(9)16/h1-4,7-8,16H,5-6,13H2. The summed E-state index contributed by atoms with van der Waals surface area (Å²) in [6, 6.07) is 7.04. The van der Waals surface area contributed by atoms with Gasteiger partial charge in [-0.3, -0.25) is 4.79 Å². The largest absolute Gasteiger partial charge is 0.508 e. The fraction of sp³-hybridized carbons (Fsp3) is 0.167. The fourth-order valence-corrected chi connectivity index (χ4v) is 1.57. The van der Waals surface area contributed by atoms with Gasteiger partial charge in [0.15, 0.2) is 0 Å². The zero-order valence-corrected chi connectivity index (χ0v) is 9.21. The van der Waals surface area contributed by atoms with Gasteiger partial charge in [-0.25, -0.2) is 0 Å². The first-order chi connectivity index (χ1) is 8.20. The maximum atomic E-state index is 11.3. The van der Waals surface area contributed by atoms with Crippen molar-refractivity contribution < 1.29 is 5.11 Å². The van der Waals surface area contributed by atoms with E-state index in [1.165, 1.54) is 6.33 Å². The Balaban J connectivity index is 2.31. The van der Waals surface area contributed by atoms with Gasteiger partial charge in [0.1, 0.15) is 5.75 Å². The normalized spacial score (nSPS) is 10.4. The van der Waals surface area contributed by atoms with Crippen LogP contribution in [-0.4, -0.2) is 14.7 Å². The molecular weight excluding hydrogens is 218 g/mol. The zero-order valence-electron chi connectivity index (χ0n) is 9.21. The van der Waals surface area contributed by atoms with E-state index in [1.807, 2.05) is 12.1 Å². The molecule has 0 radical (unpaired) electrons. The van der Waals surface area contributed by atoms with Gasteiger partial charge in [0.25, 0.3) is 5.56 Å². The van der Waals surface area contributed by atoms with Gasteiger partial charge in [-0.2, -0.15) is 4.98 Å². The van der Waals surface area contributed by atoms with Crippen molar-refractivity contribution in [3.63, 3.8) is 0 Å². The number of nitrogens with zero attached hydrogens (tertiary/aromatic N) is 2. The highest BCUT2D eigenvalue weighted by Gasteiger charge is 2.03. The van der Waals surface area contributed by atoms with Crippen LogP contribution in [0.1, 0.15) is 11.1 Å². The summed E-state index contributed by atoms with van der Waals surface area (Å²) in [6.07, 6.45) is 3.09. The van der Waals surface area contributed by atoms with E-state index in [4.69, 9.17) is 5.73 Å². The van der Waals surface area contributed by atoms with E-state index < -0.39 is 0 Å². The second kappa shape index (κ2) is 4.80. The second-order valence-corrected chi connectivity index (χ2v) is 3.71. The van der Waals surface area contributed by atoms with Gasteiger partial charge in [-0.1, -0.05) is 18.2 Å². The van der Waals surface area contributed by atoms with Gasteiger partial charge in [-0.15, -0.1) is 0 Å². The van der Waals surface area contributed by atoms with Crippen LogP contribution in [0.3, 0.4) is 0 Å². The number of aromatic hydroxyl groups is 1. The molecule has 0 saturated heterocycles. The van der Waals surface area contributed by atoms with Crippen molar-refractivity contribution in [3.8, 4) is 5.75 Å². The molecule has 0 aliphatic heterocycles. The third-order valence-electron chi connectivity index (χ3n) is 2.48. The molecular formula is C12H13N3O2. The van der Waals surface area contributed by atoms with Crippen LogP contribution in [-0.2, 0) is 13.1 Å². The summed E-state index contributed by atoms with van der Waals surface area (Å²) < 4.78 is 1.72. The lowest BCUT2D eigenvalue weighted by Gasteiger charge is -2.08. The van der Waals surface area contributed by atoms with Crippen LogP contribution in [0.4, 0.5) is 0 Å². The van der Waals surface area contributed by atoms with Crippen molar-refractivity contribution in [2.45, 2.75) is 13.1 Å². The van der Waals surface area contributed by atoms with Crippen molar-refractivity contribution in [1.82, 2.24) is 9.55 Å². The Kier molecular flexibility index (Phi) is 3.20. The Morgan fingerprint density at radius 3 is 2.76 bits per heavy atom. The minimum Gasteiger partial charge on any atom is -0.508 e. The van der Waals surface area contributed by atoms with Crippen LogP contribution in [0.2, 0.25) is 0 Å². The molecule has 1 aromatic heterocycles. The lowest BCUT2D eigenvalue weighted by molar-refractivity contribution is 0.465. The summed E-state index contributed by atoms with van der Waals surface area (Å²) >= 11 is 0. The SMILES string of the molecule is NCc1cn(Cc2ccccc2O)cnc1=O. The van der Waals surface area contributed by atoms with Crippen molar-refractivity contribution in [3.05, 3.63) is 58.3 Å². The molecule has 0 amide bonds. The van der Waals surface area contributed by atoms with Crippen LogP contribution in [0.5, 0.6) is 5.75 Å². The second-order valence-electron chi connectivity index (χ2n) is 3.71. The number of para-hydroxylation sites is 1. The quantitative estimate of drug-likeness (QED) is 0.804. The van der Waals surface area contributed by atoms with Crippen molar-refractivity contribution in [1.29, 1.82) is 0 Å². The highest BCUT2D eigenvalue weighted by atomic mass is 16.3. The minimum absolute atomic E-state index is 0.160. The number of hydrogen-bond donors (Lipinski definition) is 2. The van der Waals surface area contributed by atoms with Crippen molar-refractivity contribution >= 4 is 0 Å². The van der Waals surface area contributed by atoms with Gasteiger partial charge in [-0.05, 0) is 6.07 Å². The van der Waals surface area contributed by atoms with E-state index in [1.54, 1.807) is 22.9 Å². The molecule has 0 fully saturated rings. The molecule has 0 saturated carbocycles. The summed E-state index contributed by atoms with van der Waals surface area (Å²) in [5.74, 6) is 0.223. The summed E-state index contributed by atoms with van der Waals surface area (Å²) in [5.41, 5.74) is 6.36. The summed E-state index contributed by atoms with van der Waals surface area (Å²) in [5, 5.41) is 9.63. The third-order valence-corrected chi connectivity index (χ3v) is 2.48. The number of phenolic OH excluding ortho intramolecular Hbond substituents is 1. The van der Waals surface area contributed by atoms with Crippen LogP contribution >= 0.6 is 0 Å². The van der Waals surface area contributed by atoms with Crippen LogP contribution < -0.4 is 11.3 Å². The van der Waals surface area contributed by atoms with Crippen LogP contribution in [0, 0.1) is 0 Å². The molecule has 1 aromatic carbocycles. The Morgan fingerprint density at radius 2 is 2.06 bits per heavy atom. The lowest BCUT2D eigenvalue weighted by Crippen LogP contribution is -2.19. The average Bonchev–Trinajstić information content (AvgIpc) is 2.34.